The lowest BCUT2D eigenvalue weighted by Gasteiger charge is -2.09. The molecule has 8 heteroatoms. The lowest BCUT2D eigenvalue weighted by Crippen LogP contribution is -2.07. The first kappa shape index (κ1) is 21.0. The van der Waals surface area contributed by atoms with Crippen LogP contribution in [0.4, 0.5) is 5.13 Å². The van der Waals surface area contributed by atoms with Crippen LogP contribution in [0.2, 0.25) is 0 Å². The zero-order valence-corrected chi connectivity index (χ0v) is 18.2. The van der Waals surface area contributed by atoms with Gasteiger partial charge in [0.25, 0.3) is 0 Å². The van der Waals surface area contributed by atoms with E-state index in [-0.39, 0.29) is 12.4 Å². The molecule has 1 N–H and O–H groups in total. The summed E-state index contributed by atoms with van der Waals surface area (Å²) in [6, 6.07) is 15.7. The summed E-state index contributed by atoms with van der Waals surface area (Å²) < 4.78 is 11.9. The molecule has 0 saturated heterocycles. The molecule has 0 aliphatic rings. The van der Waals surface area contributed by atoms with Gasteiger partial charge >= 0.3 is 5.97 Å². The minimum atomic E-state index is -0.287. The van der Waals surface area contributed by atoms with Crippen molar-refractivity contribution in [3.8, 4) is 5.75 Å². The quantitative estimate of drug-likeness (QED) is 0.267. The van der Waals surface area contributed by atoms with E-state index in [0.717, 1.165) is 21.3 Å². The number of carbonyl (C=O) groups excluding carboxylic acids is 1. The number of anilines is 1. The molecule has 3 rings (SSSR count). The summed E-state index contributed by atoms with van der Waals surface area (Å²) >= 11 is 4.81. The zero-order valence-electron chi connectivity index (χ0n) is 15.8. The van der Waals surface area contributed by atoms with Crippen LogP contribution in [0.25, 0.3) is 0 Å². The van der Waals surface area contributed by atoms with Gasteiger partial charge in [0.1, 0.15) is 12.4 Å². The summed E-state index contributed by atoms with van der Waals surface area (Å²) in [6.45, 7) is 2.61. The molecule has 0 saturated carbocycles. The summed E-state index contributed by atoms with van der Waals surface area (Å²) in [4.78, 5) is 15.8. The number of nitrogens with one attached hydrogen (secondary N) is 1. The highest BCUT2D eigenvalue weighted by atomic mass is 79.9. The van der Waals surface area contributed by atoms with Crippen LogP contribution in [0.15, 0.2) is 63.5 Å². The number of para-hydroxylation sites is 1. The largest absolute Gasteiger partial charge is 0.488 e. The molecule has 0 atom stereocenters. The molecule has 6 nitrogen and oxygen atoms in total. The SMILES string of the molecule is CCOC(=O)Cc1csc(NN=Cc2ccccc2OCc2ccc(Br)cc2)n1. The van der Waals surface area contributed by atoms with Crippen molar-refractivity contribution in [2.24, 2.45) is 5.10 Å². The molecule has 0 radical (unpaired) electrons. The molecule has 0 unspecified atom stereocenters. The summed E-state index contributed by atoms with van der Waals surface area (Å²) in [6.07, 6.45) is 1.84. The summed E-state index contributed by atoms with van der Waals surface area (Å²) in [5, 5.41) is 6.65. The van der Waals surface area contributed by atoms with Gasteiger partial charge in [0.05, 0.1) is 24.9 Å². The molecule has 1 aromatic heterocycles. The molecular formula is C21H20BrN3O3S. The highest BCUT2D eigenvalue weighted by Gasteiger charge is 2.08. The van der Waals surface area contributed by atoms with Crippen molar-refractivity contribution in [3.05, 3.63) is 75.2 Å². The van der Waals surface area contributed by atoms with Crippen LogP contribution in [0.5, 0.6) is 5.75 Å². The first-order chi connectivity index (χ1) is 14.1. The van der Waals surface area contributed by atoms with E-state index >= 15 is 0 Å². The Morgan fingerprint density at radius 2 is 2.03 bits per heavy atom. The predicted molar refractivity (Wildman–Crippen MR) is 119 cm³/mol. The van der Waals surface area contributed by atoms with Crippen LogP contribution in [0, 0.1) is 0 Å². The van der Waals surface area contributed by atoms with Crippen molar-refractivity contribution in [2.45, 2.75) is 20.0 Å². The zero-order chi connectivity index (χ0) is 20.5. The van der Waals surface area contributed by atoms with Crippen LogP contribution in [-0.4, -0.2) is 23.8 Å². The van der Waals surface area contributed by atoms with Gasteiger partial charge in [-0.25, -0.2) is 4.98 Å². The third kappa shape index (κ3) is 6.69. The lowest BCUT2D eigenvalue weighted by molar-refractivity contribution is -0.142. The van der Waals surface area contributed by atoms with Crippen molar-refractivity contribution < 1.29 is 14.3 Å². The molecule has 3 aromatic rings. The number of rotatable bonds is 9. The highest BCUT2D eigenvalue weighted by molar-refractivity contribution is 9.10. The number of hydrogen-bond acceptors (Lipinski definition) is 7. The minimum absolute atomic E-state index is 0.155. The van der Waals surface area contributed by atoms with Crippen molar-refractivity contribution in [1.82, 2.24) is 4.98 Å². The minimum Gasteiger partial charge on any atom is -0.488 e. The highest BCUT2D eigenvalue weighted by Crippen LogP contribution is 2.20. The van der Waals surface area contributed by atoms with Gasteiger partial charge in [-0.2, -0.15) is 5.10 Å². The Hall–Kier alpha value is -2.71. The molecule has 0 spiro atoms. The molecule has 0 aliphatic heterocycles. The van der Waals surface area contributed by atoms with Crippen molar-refractivity contribution >= 4 is 44.6 Å². The number of aromatic nitrogens is 1. The Bertz CT molecular complexity index is 973. The van der Waals surface area contributed by atoms with E-state index in [1.165, 1.54) is 11.3 Å². The van der Waals surface area contributed by atoms with Crippen molar-refractivity contribution in [1.29, 1.82) is 0 Å². The van der Waals surface area contributed by atoms with Gasteiger partial charge in [-0.1, -0.05) is 40.2 Å². The lowest BCUT2D eigenvalue weighted by atomic mass is 10.2. The summed E-state index contributed by atoms with van der Waals surface area (Å²) in [7, 11) is 0. The van der Waals surface area contributed by atoms with Crippen LogP contribution < -0.4 is 10.2 Å². The Balaban J connectivity index is 1.57. The van der Waals surface area contributed by atoms with E-state index in [4.69, 9.17) is 9.47 Å². The maximum Gasteiger partial charge on any atom is 0.311 e. The van der Waals surface area contributed by atoms with Crippen LogP contribution in [0.3, 0.4) is 0 Å². The second-order valence-corrected chi connectivity index (χ2v) is 7.72. The molecule has 1 heterocycles. The molecule has 0 fully saturated rings. The molecule has 0 bridgehead atoms. The topological polar surface area (TPSA) is 72.8 Å². The van der Waals surface area contributed by atoms with Crippen LogP contribution >= 0.6 is 27.3 Å². The van der Waals surface area contributed by atoms with Crippen molar-refractivity contribution in [3.63, 3.8) is 0 Å². The van der Waals surface area contributed by atoms with E-state index in [0.29, 0.717) is 24.0 Å². The number of carbonyl (C=O) groups is 1. The van der Waals surface area contributed by atoms with E-state index in [1.807, 2.05) is 53.9 Å². The van der Waals surface area contributed by atoms with Gasteiger partial charge in [0.2, 0.25) is 5.13 Å². The first-order valence-electron chi connectivity index (χ1n) is 8.99. The number of ether oxygens (including phenoxy) is 2. The molecule has 0 aliphatic carbocycles. The number of hydrogen-bond donors (Lipinski definition) is 1. The number of hydrazone groups is 1. The van der Waals surface area contributed by atoms with Gasteiger partial charge in [0.15, 0.2) is 0 Å². The first-order valence-corrected chi connectivity index (χ1v) is 10.7. The molecule has 2 aromatic carbocycles. The number of thiazole rings is 1. The summed E-state index contributed by atoms with van der Waals surface area (Å²) in [5.74, 6) is 0.452. The third-order valence-corrected chi connectivity index (χ3v) is 5.10. The Labute approximate surface area is 181 Å². The van der Waals surface area contributed by atoms with E-state index in [1.54, 1.807) is 13.1 Å². The van der Waals surface area contributed by atoms with Crippen LogP contribution in [0.1, 0.15) is 23.7 Å². The second-order valence-electron chi connectivity index (χ2n) is 5.95. The summed E-state index contributed by atoms with van der Waals surface area (Å²) in [5.41, 5.74) is 5.47. The van der Waals surface area contributed by atoms with Gasteiger partial charge in [0, 0.05) is 15.4 Å². The van der Waals surface area contributed by atoms with Gasteiger partial charge < -0.3 is 9.47 Å². The maximum absolute atomic E-state index is 11.5. The van der Waals surface area contributed by atoms with E-state index in [2.05, 4.69) is 31.4 Å². The Morgan fingerprint density at radius 1 is 1.24 bits per heavy atom. The molecule has 0 amide bonds. The van der Waals surface area contributed by atoms with Gasteiger partial charge in [-0.05, 0) is 36.8 Å². The number of esters is 1. The molecule has 150 valence electrons. The van der Waals surface area contributed by atoms with Gasteiger partial charge in [-0.3, -0.25) is 10.2 Å². The fourth-order valence-electron chi connectivity index (χ4n) is 2.42. The molecular weight excluding hydrogens is 454 g/mol. The number of nitrogens with zero attached hydrogens (tertiary/aromatic N) is 2. The standard InChI is InChI=1S/C21H20BrN3O3S/c1-2-27-20(26)11-18-14-29-21(24-18)25-23-12-16-5-3-4-6-19(16)28-13-15-7-9-17(22)10-8-15/h3-10,12,14H,2,11,13H2,1H3,(H,24,25). The van der Waals surface area contributed by atoms with Crippen LogP contribution in [-0.2, 0) is 22.6 Å². The predicted octanol–water partition coefficient (Wildman–Crippen LogP) is 5.04. The second kappa shape index (κ2) is 10.7. The monoisotopic (exact) mass is 473 g/mol. The average molecular weight is 474 g/mol. The van der Waals surface area contributed by atoms with E-state index < -0.39 is 0 Å². The number of halogens is 1. The van der Waals surface area contributed by atoms with E-state index in [9.17, 15) is 4.79 Å². The Morgan fingerprint density at radius 3 is 2.83 bits per heavy atom. The average Bonchev–Trinajstić information content (AvgIpc) is 3.15. The smallest absolute Gasteiger partial charge is 0.311 e. The maximum atomic E-state index is 11.5. The fraction of sp³-hybridized carbons (Fsp3) is 0.190. The normalized spacial score (nSPS) is 10.8. The molecule has 29 heavy (non-hydrogen) atoms. The third-order valence-electron chi connectivity index (χ3n) is 3.77. The van der Waals surface area contributed by atoms with Crippen molar-refractivity contribution in [2.75, 3.05) is 12.0 Å². The number of benzene rings is 2. The van der Waals surface area contributed by atoms with Gasteiger partial charge in [-0.15, -0.1) is 11.3 Å². The fourth-order valence-corrected chi connectivity index (χ4v) is 3.34. The Kier molecular flexibility index (Phi) is 7.77.